The standard InChI is InChI=1S/C11H7NO6/c13-10-8(5-2-1-3-16-5)18-6-4-17-9(11(14)15)7(6)12-10/h1-4,8H,(H,12,13)(H,14,15). The number of fused-ring (bicyclic) bond motifs is 1. The molecule has 1 aliphatic rings. The fourth-order valence-corrected chi connectivity index (χ4v) is 1.70. The van der Waals surface area contributed by atoms with Gasteiger partial charge in [0.15, 0.2) is 11.5 Å². The molecule has 2 N–H and O–H groups in total. The van der Waals surface area contributed by atoms with Crippen LogP contribution in [0, 0.1) is 0 Å². The van der Waals surface area contributed by atoms with Crippen LogP contribution < -0.4 is 10.1 Å². The van der Waals surface area contributed by atoms with Gasteiger partial charge in [-0.25, -0.2) is 4.79 Å². The summed E-state index contributed by atoms with van der Waals surface area (Å²) in [5.41, 5.74) is 0.0234. The Kier molecular flexibility index (Phi) is 2.12. The molecule has 0 radical (unpaired) electrons. The number of carbonyl (C=O) groups excluding carboxylic acids is 1. The molecule has 0 spiro atoms. The molecule has 7 nitrogen and oxygen atoms in total. The zero-order valence-electron chi connectivity index (χ0n) is 8.88. The maximum Gasteiger partial charge on any atom is 0.374 e. The van der Waals surface area contributed by atoms with Crippen LogP contribution in [0.2, 0.25) is 0 Å². The average molecular weight is 249 g/mol. The Morgan fingerprint density at radius 1 is 1.39 bits per heavy atom. The van der Waals surface area contributed by atoms with E-state index in [2.05, 4.69) is 5.32 Å². The van der Waals surface area contributed by atoms with Crippen LogP contribution >= 0.6 is 0 Å². The molecule has 2 aromatic heterocycles. The lowest BCUT2D eigenvalue weighted by molar-refractivity contribution is -0.124. The molecule has 0 aliphatic carbocycles. The molecule has 92 valence electrons. The molecule has 2 aromatic rings. The Balaban J connectivity index is 1.98. The molecule has 1 atom stereocenters. The van der Waals surface area contributed by atoms with Crippen LogP contribution in [-0.2, 0) is 4.79 Å². The highest BCUT2D eigenvalue weighted by molar-refractivity contribution is 6.04. The van der Waals surface area contributed by atoms with Crippen molar-refractivity contribution in [1.29, 1.82) is 0 Å². The Bertz CT molecular complexity index is 612. The second kappa shape index (κ2) is 3.66. The van der Waals surface area contributed by atoms with Crippen molar-refractivity contribution in [3.63, 3.8) is 0 Å². The van der Waals surface area contributed by atoms with Crippen molar-refractivity contribution in [3.8, 4) is 5.75 Å². The molecule has 0 fully saturated rings. The highest BCUT2D eigenvalue weighted by atomic mass is 16.5. The fourth-order valence-electron chi connectivity index (χ4n) is 1.70. The summed E-state index contributed by atoms with van der Waals surface area (Å²) in [4.78, 5) is 22.6. The average Bonchev–Trinajstić information content (AvgIpc) is 2.95. The van der Waals surface area contributed by atoms with Crippen molar-refractivity contribution in [3.05, 3.63) is 36.2 Å². The number of carbonyl (C=O) groups is 2. The maximum absolute atomic E-state index is 11.8. The minimum atomic E-state index is -1.28. The summed E-state index contributed by atoms with van der Waals surface area (Å²) in [5.74, 6) is -1.67. The molecular weight excluding hydrogens is 242 g/mol. The number of amides is 1. The third-order valence-electron chi connectivity index (χ3n) is 2.48. The van der Waals surface area contributed by atoms with Gasteiger partial charge in [-0.3, -0.25) is 4.79 Å². The van der Waals surface area contributed by atoms with Gasteiger partial charge in [-0.1, -0.05) is 0 Å². The molecular formula is C11H7NO6. The van der Waals surface area contributed by atoms with Gasteiger partial charge in [0.1, 0.15) is 12.0 Å². The van der Waals surface area contributed by atoms with Gasteiger partial charge in [0.25, 0.3) is 5.91 Å². The van der Waals surface area contributed by atoms with Gasteiger partial charge in [-0.2, -0.15) is 0 Å². The molecule has 1 aliphatic heterocycles. The Labute approximate surface area is 99.9 Å². The normalized spacial score (nSPS) is 17.8. The van der Waals surface area contributed by atoms with E-state index in [-0.39, 0.29) is 17.2 Å². The van der Waals surface area contributed by atoms with Gasteiger partial charge >= 0.3 is 5.97 Å². The van der Waals surface area contributed by atoms with Crippen molar-refractivity contribution in [2.45, 2.75) is 6.10 Å². The molecule has 0 aromatic carbocycles. The first kappa shape index (κ1) is 10.5. The van der Waals surface area contributed by atoms with Crippen LogP contribution in [0.15, 0.2) is 33.5 Å². The summed E-state index contributed by atoms with van der Waals surface area (Å²) >= 11 is 0. The van der Waals surface area contributed by atoms with E-state index in [1.54, 1.807) is 12.1 Å². The van der Waals surface area contributed by atoms with Gasteiger partial charge in [0.2, 0.25) is 11.9 Å². The summed E-state index contributed by atoms with van der Waals surface area (Å²) in [7, 11) is 0. The minimum absolute atomic E-state index is 0.0234. The van der Waals surface area contributed by atoms with Crippen molar-refractivity contribution in [2.75, 3.05) is 5.32 Å². The van der Waals surface area contributed by atoms with Crippen LogP contribution in [0.5, 0.6) is 5.75 Å². The van der Waals surface area contributed by atoms with Crippen molar-refractivity contribution < 1.29 is 28.3 Å². The lowest BCUT2D eigenvalue weighted by atomic mass is 10.2. The summed E-state index contributed by atoms with van der Waals surface area (Å²) in [5, 5.41) is 11.3. The van der Waals surface area contributed by atoms with E-state index in [4.69, 9.17) is 18.7 Å². The van der Waals surface area contributed by atoms with E-state index < -0.39 is 18.0 Å². The quantitative estimate of drug-likeness (QED) is 0.838. The zero-order valence-corrected chi connectivity index (χ0v) is 8.88. The lowest BCUT2D eigenvalue weighted by Crippen LogP contribution is -2.29. The van der Waals surface area contributed by atoms with Crippen LogP contribution in [0.25, 0.3) is 0 Å². The van der Waals surface area contributed by atoms with Crippen molar-refractivity contribution >= 4 is 17.6 Å². The van der Waals surface area contributed by atoms with Crippen LogP contribution in [0.4, 0.5) is 5.69 Å². The number of carboxylic acids is 1. The number of anilines is 1. The molecule has 7 heteroatoms. The zero-order chi connectivity index (χ0) is 12.7. The molecule has 3 heterocycles. The molecule has 1 unspecified atom stereocenters. The number of nitrogens with one attached hydrogen (secondary N) is 1. The summed E-state index contributed by atoms with van der Waals surface area (Å²) in [6.07, 6.45) is 1.60. The van der Waals surface area contributed by atoms with E-state index in [9.17, 15) is 9.59 Å². The smallest absolute Gasteiger partial charge is 0.374 e. The fraction of sp³-hybridized carbons (Fsp3) is 0.0909. The molecule has 18 heavy (non-hydrogen) atoms. The van der Waals surface area contributed by atoms with E-state index in [1.807, 2.05) is 0 Å². The van der Waals surface area contributed by atoms with Crippen LogP contribution in [0.3, 0.4) is 0 Å². The van der Waals surface area contributed by atoms with Crippen molar-refractivity contribution in [2.24, 2.45) is 0 Å². The SMILES string of the molecule is O=C(O)c1occ2c1NC(=O)C(c1ccco1)O2. The summed E-state index contributed by atoms with van der Waals surface area (Å²) in [6.45, 7) is 0. The van der Waals surface area contributed by atoms with Crippen LogP contribution in [0.1, 0.15) is 22.4 Å². The van der Waals surface area contributed by atoms with Gasteiger partial charge in [0, 0.05) is 0 Å². The van der Waals surface area contributed by atoms with E-state index in [1.165, 1.54) is 6.26 Å². The second-order valence-corrected chi connectivity index (χ2v) is 3.61. The topological polar surface area (TPSA) is 102 Å². The largest absolute Gasteiger partial charge is 0.475 e. The lowest BCUT2D eigenvalue weighted by Gasteiger charge is -2.21. The van der Waals surface area contributed by atoms with Gasteiger partial charge in [-0.05, 0) is 12.1 Å². The third-order valence-corrected chi connectivity index (χ3v) is 2.48. The number of furan rings is 2. The molecule has 3 rings (SSSR count). The number of ether oxygens (including phenoxy) is 1. The minimum Gasteiger partial charge on any atom is -0.475 e. The summed E-state index contributed by atoms with van der Waals surface area (Å²) < 4.78 is 15.3. The molecule has 0 bridgehead atoms. The maximum atomic E-state index is 11.8. The van der Waals surface area contributed by atoms with E-state index in [0.717, 1.165) is 6.26 Å². The highest BCUT2D eigenvalue weighted by Gasteiger charge is 2.35. The first-order valence-electron chi connectivity index (χ1n) is 5.02. The van der Waals surface area contributed by atoms with Crippen molar-refractivity contribution in [1.82, 2.24) is 0 Å². The van der Waals surface area contributed by atoms with Gasteiger partial charge < -0.3 is 24.0 Å². The molecule has 0 saturated carbocycles. The van der Waals surface area contributed by atoms with E-state index >= 15 is 0 Å². The predicted octanol–water partition coefficient (Wildman–Crippen LogP) is 1.64. The molecule has 1 amide bonds. The van der Waals surface area contributed by atoms with Gasteiger partial charge in [-0.15, -0.1) is 0 Å². The third kappa shape index (κ3) is 1.45. The highest BCUT2D eigenvalue weighted by Crippen LogP contribution is 2.38. The first-order chi connectivity index (χ1) is 8.66. The second-order valence-electron chi connectivity index (χ2n) is 3.61. The number of hydrogen-bond acceptors (Lipinski definition) is 5. The number of carboxylic acid groups (broad SMARTS) is 1. The Morgan fingerprint density at radius 2 is 2.22 bits per heavy atom. The first-order valence-corrected chi connectivity index (χ1v) is 5.02. The van der Waals surface area contributed by atoms with Crippen LogP contribution in [-0.4, -0.2) is 17.0 Å². The Hall–Kier alpha value is -2.70. The molecule has 0 saturated heterocycles. The monoisotopic (exact) mass is 249 g/mol. The number of hydrogen-bond donors (Lipinski definition) is 2. The Morgan fingerprint density at radius 3 is 2.89 bits per heavy atom. The predicted molar refractivity (Wildman–Crippen MR) is 56.4 cm³/mol. The van der Waals surface area contributed by atoms with E-state index in [0.29, 0.717) is 5.76 Å². The van der Waals surface area contributed by atoms with Gasteiger partial charge in [0.05, 0.1) is 6.26 Å². The summed E-state index contributed by atoms with van der Waals surface area (Å²) in [6, 6.07) is 3.22. The number of rotatable bonds is 2. The number of aromatic carboxylic acids is 1.